The molecule has 0 bridgehead atoms. The van der Waals surface area contributed by atoms with Crippen LogP contribution in [-0.2, 0) is 13.0 Å². The summed E-state index contributed by atoms with van der Waals surface area (Å²) in [4.78, 5) is 13.8. The molecule has 4 nitrogen and oxygen atoms in total. The van der Waals surface area contributed by atoms with Crippen molar-refractivity contribution in [3.63, 3.8) is 0 Å². The van der Waals surface area contributed by atoms with Gasteiger partial charge in [0.2, 0.25) is 0 Å². The predicted molar refractivity (Wildman–Crippen MR) is 77.6 cm³/mol. The molecule has 0 aliphatic carbocycles. The lowest BCUT2D eigenvalue weighted by Gasteiger charge is -2.29. The van der Waals surface area contributed by atoms with E-state index in [0.717, 1.165) is 17.5 Å². The van der Waals surface area contributed by atoms with Gasteiger partial charge in [0, 0.05) is 13.1 Å². The number of aromatic hydroxyl groups is 1. The lowest BCUT2D eigenvalue weighted by atomic mass is 10.00. The monoisotopic (exact) mass is 286 g/mol. The molecule has 21 heavy (non-hydrogen) atoms. The van der Waals surface area contributed by atoms with Gasteiger partial charge in [-0.1, -0.05) is 18.2 Å². The molecule has 3 rings (SSSR count). The Bertz CT molecular complexity index is 688. The van der Waals surface area contributed by atoms with E-state index in [4.69, 9.17) is 0 Å². The summed E-state index contributed by atoms with van der Waals surface area (Å²) in [5.74, 6) is -0.272. The number of benzene rings is 2. The predicted octanol–water partition coefficient (Wildman–Crippen LogP) is 3.12. The summed E-state index contributed by atoms with van der Waals surface area (Å²) in [6.45, 7) is 0.974. The number of nitrogens with zero attached hydrogens (tertiary/aromatic N) is 1. The summed E-state index contributed by atoms with van der Waals surface area (Å²) < 4.78 is 13.5. The number of anilines is 1. The van der Waals surface area contributed by atoms with Crippen LogP contribution in [0.15, 0.2) is 42.5 Å². The molecule has 1 heterocycles. The zero-order valence-corrected chi connectivity index (χ0v) is 11.3. The van der Waals surface area contributed by atoms with Crippen LogP contribution in [0.3, 0.4) is 0 Å². The fourth-order valence-electron chi connectivity index (χ4n) is 2.47. The van der Waals surface area contributed by atoms with Crippen LogP contribution in [-0.4, -0.2) is 22.6 Å². The van der Waals surface area contributed by atoms with Crippen molar-refractivity contribution >= 4 is 11.7 Å². The van der Waals surface area contributed by atoms with E-state index >= 15 is 0 Å². The molecule has 2 aromatic rings. The normalized spacial score (nSPS) is 13.7. The van der Waals surface area contributed by atoms with Crippen molar-refractivity contribution in [2.75, 3.05) is 11.9 Å². The number of phenolic OH excluding ortho intramolecular Hbond substituents is 1. The van der Waals surface area contributed by atoms with E-state index in [9.17, 15) is 14.3 Å². The van der Waals surface area contributed by atoms with Crippen LogP contribution >= 0.6 is 0 Å². The first-order valence-corrected chi connectivity index (χ1v) is 6.75. The number of hydrogen-bond donors (Lipinski definition) is 2. The highest BCUT2D eigenvalue weighted by Crippen LogP contribution is 2.24. The number of halogens is 1. The number of phenols is 1. The SMILES string of the molecule is O=C(Nc1ccccc1F)N1CCc2ccc(O)cc2C1. The van der Waals surface area contributed by atoms with Gasteiger partial charge in [-0.15, -0.1) is 0 Å². The van der Waals surface area contributed by atoms with Crippen molar-refractivity contribution < 1.29 is 14.3 Å². The van der Waals surface area contributed by atoms with E-state index in [2.05, 4.69) is 5.32 Å². The number of carbonyl (C=O) groups excluding carboxylic acids is 1. The molecule has 0 unspecified atom stereocenters. The third-order valence-corrected chi connectivity index (χ3v) is 3.60. The summed E-state index contributed by atoms with van der Waals surface area (Å²) in [6.07, 6.45) is 0.723. The van der Waals surface area contributed by atoms with E-state index < -0.39 is 5.82 Å². The Balaban J connectivity index is 1.74. The number of para-hydroxylation sites is 1. The summed E-state index contributed by atoms with van der Waals surface area (Å²) in [5.41, 5.74) is 2.22. The summed E-state index contributed by atoms with van der Waals surface area (Å²) in [5, 5.41) is 12.1. The highest BCUT2D eigenvalue weighted by atomic mass is 19.1. The van der Waals surface area contributed by atoms with Crippen molar-refractivity contribution in [2.24, 2.45) is 0 Å². The molecule has 0 atom stereocenters. The quantitative estimate of drug-likeness (QED) is 0.846. The van der Waals surface area contributed by atoms with Gasteiger partial charge >= 0.3 is 6.03 Å². The van der Waals surface area contributed by atoms with Gasteiger partial charge in [0.15, 0.2) is 0 Å². The van der Waals surface area contributed by atoms with Gasteiger partial charge in [0.05, 0.1) is 5.69 Å². The Morgan fingerprint density at radius 3 is 2.81 bits per heavy atom. The molecule has 5 heteroatoms. The van der Waals surface area contributed by atoms with Gasteiger partial charge < -0.3 is 15.3 Å². The molecule has 0 spiro atoms. The molecule has 1 aliphatic heterocycles. The minimum Gasteiger partial charge on any atom is -0.508 e. The zero-order valence-electron chi connectivity index (χ0n) is 11.3. The van der Waals surface area contributed by atoms with Crippen molar-refractivity contribution in [2.45, 2.75) is 13.0 Å². The third-order valence-electron chi connectivity index (χ3n) is 3.60. The lowest BCUT2D eigenvalue weighted by molar-refractivity contribution is 0.206. The average molecular weight is 286 g/mol. The first kappa shape index (κ1) is 13.4. The average Bonchev–Trinajstić information content (AvgIpc) is 2.48. The second-order valence-electron chi connectivity index (χ2n) is 5.03. The van der Waals surface area contributed by atoms with E-state index in [-0.39, 0.29) is 17.5 Å². The van der Waals surface area contributed by atoms with Crippen LogP contribution in [0, 0.1) is 5.82 Å². The van der Waals surface area contributed by atoms with Gasteiger partial charge in [-0.25, -0.2) is 9.18 Å². The molecule has 0 saturated heterocycles. The molecule has 2 amide bonds. The lowest BCUT2D eigenvalue weighted by Crippen LogP contribution is -2.39. The number of urea groups is 1. The molecule has 0 aromatic heterocycles. The Hall–Kier alpha value is -2.56. The number of amides is 2. The topological polar surface area (TPSA) is 52.6 Å². The van der Waals surface area contributed by atoms with E-state index in [1.807, 2.05) is 6.07 Å². The summed E-state index contributed by atoms with van der Waals surface area (Å²) in [6, 6.07) is 10.9. The number of rotatable bonds is 1. The molecular weight excluding hydrogens is 271 g/mol. The van der Waals surface area contributed by atoms with Crippen LogP contribution in [0.1, 0.15) is 11.1 Å². The minimum atomic E-state index is -0.457. The van der Waals surface area contributed by atoms with Gasteiger partial charge in [0.25, 0.3) is 0 Å². The second kappa shape index (κ2) is 5.44. The van der Waals surface area contributed by atoms with Gasteiger partial charge in [-0.2, -0.15) is 0 Å². The molecule has 0 fully saturated rings. The number of nitrogens with one attached hydrogen (secondary N) is 1. The Kier molecular flexibility index (Phi) is 3.48. The van der Waals surface area contributed by atoms with Crippen molar-refractivity contribution in [3.8, 4) is 5.75 Å². The van der Waals surface area contributed by atoms with Crippen LogP contribution < -0.4 is 5.32 Å². The minimum absolute atomic E-state index is 0.171. The first-order chi connectivity index (χ1) is 10.1. The van der Waals surface area contributed by atoms with Gasteiger partial charge in [0.1, 0.15) is 11.6 Å². The third kappa shape index (κ3) is 2.81. The fraction of sp³-hybridized carbons (Fsp3) is 0.188. The fourth-order valence-corrected chi connectivity index (χ4v) is 2.47. The number of hydrogen-bond acceptors (Lipinski definition) is 2. The van der Waals surface area contributed by atoms with E-state index in [1.54, 1.807) is 29.2 Å². The van der Waals surface area contributed by atoms with Crippen LogP contribution in [0.2, 0.25) is 0 Å². The molecule has 2 aromatic carbocycles. The summed E-state index contributed by atoms with van der Waals surface area (Å²) in [7, 11) is 0. The Labute approximate surface area is 121 Å². The van der Waals surface area contributed by atoms with Crippen molar-refractivity contribution in [1.82, 2.24) is 4.90 Å². The highest BCUT2D eigenvalue weighted by molar-refractivity contribution is 5.89. The highest BCUT2D eigenvalue weighted by Gasteiger charge is 2.21. The molecule has 2 N–H and O–H groups in total. The van der Waals surface area contributed by atoms with Crippen molar-refractivity contribution in [3.05, 3.63) is 59.4 Å². The maximum absolute atomic E-state index is 13.5. The summed E-state index contributed by atoms with van der Waals surface area (Å²) >= 11 is 0. The molecule has 0 radical (unpaired) electrons. The van der Waals surface area contributed by atoms with E-state index in [1.165, 1.54) is 12.1 Å². The van der Waals surface area contributed by atoms with Crippen molar-refractivity contribution in [1.29, 1.82) is 0 Å². The van der Waals surface area contributed by atoms with Gasteiger partial charge in [-0.3, -0.25) is 0 Å². The van der Waals surface area contributed by atoms with E-state index in [0.29, 0.717) is 13.1 Å². The zero-order chi connectivity index (χ0) is 14.8. The molecule has 108 valence electrons. The van der Waals surface area contributed by atoms with Gasteiger partial charge in [-0.05, 0) is 41.8 Å². The largest absolute Gasteiger partial charge is 0.508 e. The standard InChI is InChI=1S/C16H15FN2O2/c17-14-3-1-2-4-15(14)18-16(21)19-8-7-11-5-6-13(20)9-12(11)10-19/h1-6,9,20H,7-8,10H2,(H,18,21). The number of carbonyl (C=O) groups is 1. The number of fused-ring (bicyclic) bond motifs is 1. The second-order valence-corrected chi connectivity index (χ2v) is 5.03. The smallest absolute Gasteiger partial charge is 0.322 e. The first-order valence-electron chi connectivity index (χ1n) is 6.75. The van der Waals surface area contributed by atoms with Crippen LogP contribution in [0.4, 0.5) is 14.9 Å². The van der Waals surface area contributed by atoms with Crippen LogP contribution in [0.5, 0.6) is 5.75 Å². The molecule has 1 aliphatic rings. The van der Waals surface area contributed by atoms with Crippen LogP contribution in [0.25, 0.3) is 0 Å². The maximum atomic E-state index is 13.5. The maximum Gasteiger partial charge on any atom is 0.322 e. The molecular formula is C16H15FN2O2. The Morgan fingerprint density at radius 1 is 1.19 bits per heavy atom. The molecule has 0 saturated carbocycles. The Morgan fingerprint density at radius 2 is 2.00 bits per heavy atom.